The molecule has 1 atom stereocenters. The Bertz CT molecular complexity index is 1280. The Morgan fingerprint density at radius 1 is 1.13 bits per heavy atom. The van der Waals surface area contributed by atoms with Crippen LogP contribution in [0.2, 0.25) is 0 Å². The monoisotopic (exact) mass is 448 g/mol. The van der Waals surface area contributed by atoms with Crippen LogP contribution < -0.4 is 5.56 Å². The highest BCUT2D eigenvalue weighted by Crippen LogP contribution is 2.39. The Balaban J connectivity index is 1.67. The number of nitrogens with zero attached hydrogens (tertiary/aromatic N) is 2. The third-order valence-corrected chi connectivity index (χ3v) is 8.06. The van der Waals surface area contributed by atoms with Gasteiger partial charge in [-0.05, 0) is 36.6 Å². The zero-order valence-corrected chi connectivity index (χ0v) is 19.3. The zero-order chi connectivity index (χ0) is 21.4. The van der Waals surface area contributed by atoms with Crippen molar-refractivity contribution in [3.05, 3.63) is 87.0 Å². The van der Waals surface area contributed by atoms with E-state index in [1.165, 1.54) is 5.56 Å². The Hall–Kier alpha value is -2.41. The van der Waals surface area contributed by atoms with Gasteiger partial charge in [0.2, 0.25) is 0 Å². The molecule has 0 fully saturated rings. The van der Waals surface area contributed by atoms with Gasteiger partial charge in [-0.1, -0.05) is 67.2 Å². The Morgan fingerprint density at radius 2 is 1.84 bits per heavy atom. The second-order valence-electron chi connectivity index (χ2n) is 8.10. The summed E-state index contributed by atoms with van der Waals surface area (Å²) in [5.74, 6) is 0.758. The first-order valence-electron chi connectivity index (χ1n) is 10.5. The molecular formula is C25H24N2O2S2. The number of rotatable bonds is 5. The highest BCUT2D eigenvalue weighted by Gasteiger charge is 2.33. The number of ether oxygens (including phenoxy) is 1. The van der Waals surface area contributed by atoms with Crippen LogP contribution in [0.4, 0.5) is 0 Å². The summed E-state index contributed by atoms with van der Waals surface area (Å²) >= 11 is 3.20. The predicted molar refractivity (Wildman–Crippen MR) is 128 cm³/mol. The average Bonchev–Trinajstić information content (AvgIpc) is 3.16. The molecule has 1 aliphatic rings. The van der Waals surface area contributed by atoms with E-state index in [1.54, 1.807) is 27.7 Å². The van der Waals surface area contributed by atoms with E-state index in [9.17, 15) is 4.79 Å². The van der Waals surface area contributed by atoms with Crippen molar-refractivity contribution in [1.82, 2.24) is 9.55 Å². The van der Waals surface area contributed by atoms with Crippen molar-refractivity contribution in [1.29, 1.82) is 0 Å². The molecule has 1 aliphatic heterocycles. The number of benzene rings is 2. The van der Waals surface area contributed by atoms with Gasteiger partial charge in [-0.15, -0.1) is 11.3 Å². The lowest BCUT2D eigenvalue weighted by molar-refractivity contribution is -0.0543. The molecule has 0 spiro atoms. The van der Waals surface area contributed by atoms with E-state index in [1.807, 2.05) is 48.5 Å². The maximum atomic E-state index is 13.9. The minimum atomic E-state index is -0.230. The van der Waals surface area contributed by atoms with E-state index in [4.69, 9.17) is 9.72 Å². The van der Waals surface area contributed by atoms with Gasteiger partial charge >= 0.3 is 0 Å². The van der Waals surface area contributed by atoms with Crippen LogP contribution in [0.5, 0.6) is 0 Å². The van der Waals surface area contributed by atoms with E-state index < -0.39 is 0 Å². The molecule has 0 saturated carbocycles. The SMILES string of the molecule is CC[C@@]1(C)Cc2c(sc3nc(SCc4ccccc4)n(-c4ccccc4)c(=O)c23)CO1. The number of hydrogen-bond donors (Lipinski definition) is 0. The zero-order valence-electron chi connectivity index (χ0n) is 17.6. The number of hydrogen-bond acceptors (Lipinski definition) is 5. The molecule has 0 radical (unpaired) electrons. The lowest BCUT2D eigenvalue weighted by Crippen LogP contribution is -2.34. The molecule has 0 amide bonds. The van der Waals surface area contributed by atoms with Crippen molar-refractivity contribution in [3.8, 4) is 5.69 Å². The van der Waals surface area contributed by atoms with E-state index in [2.05, 4.69) is 26.0 Å². The summed E-state index contributed by atoms with van der Waals surface area (Å²) in [6.45, 7) is 4.82. The molecule has 5 rings (SSSR count). The Labute approximate surface area is 189 Å². The molecular weight excluding hydrogens is 424 g/mol. The van der Waals surface area contributed by atoms with Crippen LogP contribution in [0.15, 0.2) is 70.6 Å². The van der Waals surface area contributed by atoms with Crippen molar-refractivity contribution < 1.29 is 4.74 Å². The van der Waals surface area contributed by atoms with Gasteiger partial charge in [0, 0.05) is 17.1 Å². The minimum absolute atomic E-state index is 0.0182. The molecule has 158 valence electrons. The number of aromatic nitrogens is 2. The molecule has 4 aromatic rings. The van der Waals surface area contributed by atoms with Crippen LogP contribution in [0.1, 0.15) is 36.3 Å². The average molecular weight is 449 g/mol. The summed E-state index contributed by atoms with van der Waals surface area (Å²) in [4.78, 5) is 20.8. The van der Waals surface area contributed by atoms with Gasteiger partial charge in [0.15, 0.2) is 5.16 Å². The molecule has 2 aromatic heterocycles. The summed E-state index contributed by atoms with van der Waals surface area (Å²) in [6, 6.07) is 20.1. The van der Waals surface area contributed by atoms with Crippen LogP contribution in [0.25, 0.3) is 15.9 Å². The third kappa shape index (κ3) is 3.84. The molecule has 0 saturated heterocycles. The minimum Gasteiger partial charge on any atom is -0.369 e. The van der Waals surface area contributed by atoms with Crippen molar-refractivity contribution in [2.24, 2.45) is 0 Å². The first kappa shape index (κ1) is 20.5. The maximum Gasteiger partial charge on any atom is 0.267 e. The second-order valence-corrected chi connectivity index (χ2v) is 10.1. The molecule has 3 heterocycles. The van der Waals surface area contributed by atoms with Crippen molar-refractivity contribution in [3.63, 3.8) is 0 Å². The normalized spacial score (nSPS) is 18.3. The first-order chi connectivity index (χ1) is 15.1. The van der Waals surface area contributed by atoms with E-state index in [-0.39, 0.29) is 11.2 Å². The standard InChI is InChI=1S/C25H24N2O2S2/c1-3-25(2)14-19-20(15-29-25)31-22-21(19)23(28)27(18-12-8-5-9-13-18)24(26-22)30-16-17-10-6-4-7-11-17/h4-13H,3,14-16H2,1-2H3/t25-/m0/s1. The molecule has 0 aliphatic carbocycles. The summed E-state index contributed by atoms with van der Waals surface area (Å²) in [7, 11) is 0. The van der Waals surface area contributed by atoms with Crippen LogP contribution in [0.3, 0.4) is 0 Å². The van der Waals surface area contributed by atoms with Gasteiger partial charge in [-0.2, -0.15) is 0 Å². The van der Waals surface area contributed by atoms with E-state index in [0.717, 1.165) is 50.1 Å². The first-order valence-corrected chi connectivity index (χ1v) is 12.3. The Kier molecular flexibility index (Phi) is 5.46. The topological polar surface area (TPSA) is 44.1 Å². The number of thioether (sulfide) groups is 1. The molecule has 6 heteroatoms. The highest BCUT2D eigenvalue weighted by molar-refractivity contribution is 7.98. The molecule has 4 nitrogen and oxygen atoms in total. The van der Waals surface area contributed by atoms with Crippen LogP contribution in [-0.2, 0) is 23.5 Å². The van der Waals surface area contributed by atoms with Crippen molar-refractivity contribution >= 4 is 33.3 Å². The molecule has 0 unspecified atom stereocenters. The van der Waals surface area contributed by atoms with Crippen molar-refractivity contribution in [2.45, 2.75) is 49.8 Å². The quantitative estimate of drug-likeness (QED) is 0.278. The fourth-order valence-electron chi connectivity index (χ4n) is 3.95. The Morgan fingerprint density at radius 3 is 2.55 bits per heavy atom. The van der Waals surface area contributed by atoms with Gasteiger partial charge in [0.1, 0.15) is 4.83 Å². The predicted octanol–water partition coefficient (Wildman–Crippen LogP) is 5.98. The largest absolute Gasteiger partial charge is 0.369 e. The number of para-hydroxylation sites is 1. The number of fused-ring (bicyclic) bond motifs is 3. The van der Waals surface area contributed by atoms with Gasteiger partial charge in [0.05, 0.1) is 23.3 Å². The summed E-state index contributed by atoms with van der Waals surface area (Å²) in [6.07, 6.45) is 1.66. The molecule has 2 aromatic carbocycles. The summed E-state index contributed by atoms with van der Waals surface area (Å²) < 4.78 is 7.91. The fraction of sp³-hybridized carbons (Fsp3) is 0.280. The van der Waals surface area contributed by atoms with Gasteiger partial charge in [0.25, 0.3) is 5.56 Å². The maximum absolute atomic E-state index is 13.9. The van der Waals surface area contributed by atoms with Crippen LogP contribution >= 0.6 is 23.1 Å². The number of thiophene rings is 1. The highest BCUT2D eigenvalue weighted by atomic mass is 32.2. The van der Waals surface area contributed by atoms with Crippen LogP contribution in [0, 0.1) is 0 Å². The van der Waals surface area contributed by atoms with Gasteiger partial charge in [-0.25, -0.2) is 4.98 Å². The third-order valence-electron chi connectivity index (χ3n) is 5.95. The smallest absolute Gasteiger partial charge is 0.267 e. The lowest BCUT2D eigenvalue weighted by Gasteiger charge is -2.32. The summed E-state index contributed by atoms with van der Waals surface area (Å²) in [5.41, 5.74) is 2.97. The van der Waals surface area contributed by atoms with Crippen molar-refractivity contribution in [2.75, 3.05) is 0 Å². The molecule has 0 N–H and O–H groups in total. The second kappa shape index (κ2) is 8.26. The van der Waals surface area contributed by atoms with Gasteiger partial charge in [-0.3, -0.25) is 9.36 Å². The van der Waals surface area contributed by atoms with E-state index in [0.29, 0.717) is 6.61 Å². The fourth-order valence-corrected chi connectivity index (χ4v) is 6.06. The summed E-state index contributed by atoms with van der Waals surface area (Å²) in [5, 5.41) is 1.49. The molecule has 0 bridgehead atoms. The van der Waals surface area contributed by atoms with Gasteiger partial charge < -0.3 is 4.74 Å². The van der Waals surface area contributed by atoms with Crippen LogP contribution in [-0.4, -0.2) is 15.2 Å². The lowest BCUT2D eigenvalue weighted by atomic mass is 9.90. The van der Waals surface area contributed by atoms with E-state index >= 15 is 0 Å². The molecule has 31 heavy (non-hydrogen) atoms.